The summed E-state index contributed by atoms with van der Waals surface area (Å²) in [6.45, 7) is 1.33. The second-order valence-electron chi connectivity index (χ2n) is 4.60. The lowest BCUT2D eigenvalue weighted by molar-refractivity contribution is -0.137. The number of hydrogen-bond donors (Lipinski definition) is 1. The third-order valence-electron chi connectivity index (χ3n) is 3.07. The third-order valence-corrected chi connectivity index (χ3v) is 5.28. The normalized spacial score (nSPS) is 17.7. The molecule has 1 aromatic carbocycles. The highest BCUT2D eigenvalue weighted by molar-refractivity contribution is 8.02. The second kappa shape index (κ2) is 6.91. The molecule has 1 aliphatic rings. The van der Waals surface area contributed by atoms with Gasteiger partial charge in [-0.1, -0.05) is 53.4 Å². The molecule has 110 valence electrons. The van der Waals surface area contributed by atoms with Crippen molar-refractivity contribution in [1.29, 1.82) is 0 Å². The molecule has 7 heteroatoms. The van der Waals surface area contributed by atoms with Crippen LogP contribution in [-0.4, -0.2) is 34.6 Å². The number of cyclic esters (lactones) is 1. The van der Waals surface area contributed by atoms with Crippen molar-refractivity contribution >= 4 is 34.2 Å². The van der Waals surface area contributed by atoms with Crippen LogP contribution >= 0.6 is 23.1 Å². The van der Waals surface area contributed by atoms with Gasteiger partial charge >= 0.3 is 5.97 Å². The summed E-state index contributed by atoms with van der Waals surface area (Å²) in [4.78, 5) is 11.4. The van der Waals surface area contributed by atoms with Gasteiger partial charge in [0.1, 0.15) is 5.25 Å². The van der Waals surface area contributed by atoms with Crippen molar-refractivity contribution < 1.29 is 9.53 Å². The van der Waals surface area contributed by atoms with E-state index >= 15 is 0 Å². The van der Waals surface area contributed by atoms with E-state index < -0.39 is 0 Å². The Hall–Kier alpha value is -1.60. The first kappa shape index (κ1) is 14.3. The molecule has 0 bridgehead atoms. The zero-order chi connectivity index (χ0) is 14.5. The Labute approximate surface area is 131 Å². The molecule has 2 heterocycles. The highest BCUT2D eigenvalue weighted by atomic mass is 32.2. The zero-order valence-corrected chi connectivity index (χ0v) is 13.0. The highest BCUT2D eigenvalue weighted by Crippen LogP contribution is 2.32. The average molecular weight is 321 g/mol. The summed E-state index contributed by atoms with van der Waals surface area (Å²) < 4.78 is 5.75. The van der Waals surface area contributed by atoms with E-state index in [1.165, 1.54) is 28.7 Å². The van der Waals surface area contributed by atoms with Gasteiger partial charge in [0.25, 0.3) is 0 Å². The first-order valence-corrected chi connectivity index (χ1v) is 8.45. The maximum atomic E-state index is 11.4. The van der Waals surface area contributed by atoms with Crippen LogP contribution in [0.5, 0.6) is 0 Å². The van der Waals surface area contributed by atoms with Crippen LogP contribution in [0.2, 0.25) is 0 Å². The molecule has 0 aliphatic carbocycles. The minimum Gasteiger partial charge on any atom is -0.465 e. The molecule has 1 aliphatic heterocycles. The molecule has 0 saturated carbocycles. The van der Waals surface area contributed by atoms with Crippen molar-refractivity contribution in [2.45, 2.75) is 22.4 Å². The number of hydrogen-bond acceptors (Lipinski definition) is 7. The van der Waals surface area contributed by atoms with Crippen molar-refractivity contribution in [3.8, 4) is 0 Å². The van der Waals surface area contributed by atoms with Gasteiger partial charge in [-0.25, -0.2) is 0 Å². The van der Waals surface area contributed by atoms with E-state index in [2.05, 4.69) is 27.6 Å². The number of nitrogens with one attached hydrogen (secondary N) is 1. The van der Waals surface area contributed by atoms with Crippen LogP contribution in [0, 0.1) is 0 Å². The summed E-state index contributed by atoms with van der Waals surface area (Å²) in [5.41, 5.74) is 1.29. The van der Waals surface area contributed by atoms with Crippen LogP contribution < -0.4 is 5.32 Å². The van der Waals surface area contributed by atoms with Crippen molar-refractivity contribution in [3.63, 3.8) is 0 Å². The molecule has 0 radical (unpaired) electrons. The van der Waals surface area contributed by atoms with Crippen molar-refractivity contribution in [2.75, 3.05) is 18.5 Å². The number of anilines is 1. The predicted molar refractivity (Wildman–Crippen MR) is 83.8 cm³/mol. The number of ether oxygens (including phenoxy) is 1. The van der Waals surface area contributed by atoms with Crippen LogP contribution in [0.25, 0.3) is 0 Å². The Morgan fingerprint density at radius 3 is 2.95 bits per heavy atom. The van der Waals surface area contributed by atoms with E-state index in [1.807, 2.05) is 18.2 Å². The number of benzene rings is 1. The summed E-state index contributed by atoms with van der Waals surface area (Å²) in [5, 5.41) is 12.1. The summed E-state index contributed by atoms with van der Waals surface area (Å²) in [6, 6.07) is 10.3. The van der Waals surface area contributed by atoms with Gasteiger partial charge in [0.05, 0.1) is 6.61 Å². The minimum atomic E-state index is -0.145. The number of carbonyl (C=O) groups excluding carboxylic acids is 1. The quantitative estimate of drug-likeness (QED) is 0.825. The third kappa shape index (κ3) is 3.95. The first-order chi connectivity index (χ1) is 10.3. The molecule has 1 fully saturated rings. The molecule has 5 nitrogen and oxygen atoms in total. The lowest BCUT2D eigenvalue weighted by atomic mass is 10.2. The minimum absolute atomic E-state index is 0.130. The van der Waals surface area contributed by atoms with Gasteiger partial charge in [0, 0.05) is 13.0 Å². The van der Waals surface area contributed by atoms with E-state index in [1.54, 1.807) is 0 Å². The molecule has 1 aromatic heterocycles. The van der Waals surface area contributed by atoms with Gasteiger partial charge in [-0.15, -0.1) is 10.2 Å². The van der Waals surface area contributed by atoms with Crippen LogP contribution in [0.3, 0.4) is 0 Å². The molecule has 1 saturated heterocycles. The number of nitrogens with zero attached hydrogens (tertiary/aromatic N) is 2. The number of esters is 1. The number of thioether (sulfide) groups is 1. The van der Waals surface area contributed by atoms with Gasteiger partial charge in [0.2, 0.25) is 5.13 Å². The van der Waals surface area contributed by atoms with Crippen LogP contribution in [-0.2, 0) is 16.0 Å². The number of aromatic nitrogens is 2. The predicted octanol–water partition coefficient (Wildman–Crippen LogP) is 2.60. The SMILES string of the molecule is O=C1OCC[C@@H]1Sc1nnc(NCCc2ccccc2)s1. The van der Waals surface area contributed by atoms with Gasteiger partial charge in [-0.3, -0.25) is 4.79 Å². The lowest BCUT2D eigenvalue weighted by Gasteiger charge is -2.02. The second-order valence-corrected chi connectivity index (χ2v) is 7.03. The maximum Gasteiger partial charge on any atom is 0.319 e. The van der Waals surface area contributed by atoms with Crippen molar-refractivity contribution in [3.05, 3.63) is 35.9 Å². The zero-order valence-electron chi connectivity index (χ0n) is 11.3. The molecular formula is C14H15N3O2S2. The molecule has 21 heavy (non-hydrogen) atoms. The standard InChI is InChI=1S/C14H15N3O2S2/c18-12-11(7-9-19-12)20-14-17-16-13(21-14)15-8-6-10-4-2-1-3-5-10/h1-5,11H,6-9H2,(H,15,16)/t11-/m0/s1. The molecule has 1 N–H and O–H groups in total. The van der Waals surface area contributed by atoms with E-state index in [4.69, 9.17) is 4.74 Å². The Kier molecular flexibility index (Phi) is 4.72. The van der Waals surface area contributed by atoms with Crippen molar-refractivity contribution in [2.24, 2.45) is 0 Å². The fraction of sp³-hybridized carbons (Fsp3) is 0.357. The highest BCUT2D eigenvalue weighted by Gasteiger charge is 2.28. The van der Waals surface area contributed by atoms with E-state index in [0.29, 0.717) is 6.61 Å². The topological polar surface area (TPSA) is 64.1 Å². The fourth-order valence-corrected chi connectivity index (χ4v) is 3.98. The molecule has 1 atom stereocenters. The fourth-order valence-electron chi connectivity index (χ4n) is 1.99. The van der Waals surface area contributed by atoms with Crippen LogP contribution in [0.4, 0.5) is 5.13 Å². The molecular weight excluding hydrogens is 306 g/mol. The van der Waals surface area contributed by atoms with Crippen molar-refractivity contribution in [1.82, 2.24) is 10.2 Å². The van der Waals surface area contributed by atoms with E-state index in [-0.39, 0.29) is 11.2 Å². The Morgan fingerprint density at radius 2 is 2.19 bits per heavy atom. The Balaban J connectivity index is 1.47. The molecule has 0 amide bonds. The van der Waals surface area contributed by atoms with E-state index in [0.717, 1.165) is 28.9 Å². The Bertz CT molecular complexity index is 603. The molecule has 0 spiro atoms. The molecule has 0 unspecified atom stereocenters. The molecule has 3 rings (SSSR count). The average Bonchev–Trinajstić information content (AvgIpc) is 3.11. The van der Waals surface area contributed by atoms with Gasteiger partial charge in [-0.2, -0.15) is 0 Å². The van der Waals surface area contributed by atoms with Crippen LogP contribution in [0.1, 0.15) is 12.0 Å². The molecule has 2 aromatic rings. The first-order valence-electron chi connectivity index (χ1n) is 6.76. The smallest absolute Gasteiger partial charge is 0.319 e. The lowest BCUT2D eigenvalue weighted by Crippen LogP contribution is -2.08. The monoisotopic (exact) mass is 321 g/mol. The summed E-state index contributed by atoms with van der Waals surface area (Å²) in [6.07, 6.45) is 1.69. The van der Waals surface area contributed by atoms with Gasteiger partial charge < -0.3 is 10.1 Å². The summed E-state index contributed by atoms with van der Waals surface area (Å²) in [7, 11) is 0. The largest absolute Gasteiger partial charge is 0.465 e. The van der Waals surface area contributed by atoms with Gasteiger partial charge in [0.15, 0.2) is 4.34 Å². The number of rotatable bonds is 6. The van der Waals surface area contributed by atoms with E-state index in [9.17, 15) is 4.79 Å². The Morgan fingerprint density at radius 1 is 1.33 bits per heavy atom. The van der Waals surface area contributed by atoms with Gasteiger partial charge in [-0.05, 0) is 12.0 Å². The summed E-state index contributed by atoms with van der Waals surface area (Å²) in [5.74, 6) is -0.145. The maximum absolute atomic E-state index is 11.4. The summed E-state index contributed by atoms with van der Waals surface area (Å²) >= 11 is 2.92. The number of carbonyl (C=O) groups is 1. The van der Waals surface area contributed by atoms with Crippen LogP contribution in [0.15, 0.2) is 34.7 Å².